The van der Waals surface area contributed by atoms with E-state index in [1.54, 1.807) is 19.2 Å². The van der Waals surface area contributed by atoms with Crippen molar-refractivity contribution in [2.24, 2.45) is 0 Å². The summed E-state index contributed by atoms with van der Waals surface area (Å²) in [6.07, 6.45) is 0. The van der Waals surface area contributed by atoms with Crippen LogP contribution in [-0.4, -0.2) is 26.8 Å². The molecule has 0 bridgehead atoms. The average molecular weight is 246 g/mol. The number of nitrogens with one attached hydrogen (secondary N) is 1. The summed E-state index contributed by atoms with van der Waals surface area (Å²) in [6, 6.07) is 4.85. The summed E-state index contributed by atoms with van der Waals surface area (Å²) in [5.74, 6) is -0.0695. The molecule has 4 heteroatoms. The molecule has 0 saturated carbocycles. The van der Waals surface area contributed by atoms with Gasteiger partial charge in [0.2, 0.25) is 0 Å². The molecule has 2 nitrogen and oxygen atoms in total. The Bertz CT molecular complexity index is 333. The number of ether oxygens (including phenoxy) is 1. The number of hydrogen-bond donors (Lipinski definition) is 1. The van der Waals surface area contributed by atoms with E-state index in [1.165, 1.54) is 6.07 Å². The van der Waals surface area contributed by atoms with Crippen molar-refractivity contribution in [3.05, 3.63) is 34.6 Å². The Morgan fingerprint density at radius 3 is 2.88 bits per heavy atom. The van der Waals surface area contributed by atoms with Crippen molar-refractivity contribution < 1.29 is 9.13 Å². The van der Waals surface area contributed by atoms with Crippen LogP contribution in [0, 0.1) is 5.82 Å². The van der Waals surface area contributed by atoms with Crippen molar-refractivity contribution in [2.45, 2.75) is 12.8 Å². The highest BCUT2D eigenvalue weighted by atomic mass is 35.5. The smallest absolute Gasteiger partial charge is 0.141 e. The molecule has 0 aliphatic carbocycles. The first-order valence-corrected chi connectivity index (χ1v) is 5.67. The van der Waals surface area contributed by atoms with Crippen molar-refractivity contribution >= 4 is 11.6 Å². The van der Waals surface area contributed by atoms with Crippen LogP contribution in [0.2, 0.25) is 5.02 Å². The molecule has 0 radical (unpaired) electrons. The summed E-state index contributed by atoms with van der Waals surface area (Å²) in [6.45, 7) is 4.40. The maximum atomic E-state index is 13.0. The Balaban J connectivity index is 2.46. The second kappa shape index (κ2) is 6.84. The van der Waals surface area contributed by atoms with E-state index < -0.39 is 0 Å². The molecule has 90 valence electrons. The van der Waals surface area contributed by atoms with Crippen LogP contribution in [0.3, 0.4) is 0 Å². The van der Waals surface area contributed by atoms with E-state index in [-0.39, 0.29) is 10.8 Å². The summed E-state index contributed by atoms with van der Waals surface area (Å²) >= 11 is 5.73. The molecule has 0 aromatic heterocycles. The zero-order chi connectivity index (χ0) is 12.0. The third kappa shape index (κ3) is 4.08. The highest BCUT2D eigenvalue weighted by Gasteiger charge is 2.07. The van der Waals surface area contributed by atoms with Gasteiger partial charge < -0.3 is 10.1 Å². The minimum Gasteiger partial charge on any atom is -0.383 e. The van der Waals surface area contributed by atoms with Gasteiger partial charge in [0.1, 0.15) is 5.82 Å². The third-order valence-corrected chi connectivity index (χ3v) is 2.74. The highest BCUT2D eigenvalue weighted by molar-refractivity contribution is 6.30. The van der Waals surface area contributed by atoms with E-state index in [9.17, 15) is 4.39 Å². The normalized spacial score (nSPS) is 12.8. The van der Waals surface area contributed by atoms with Gasteiger partial charge in [0.25, 0.3) is 0 Å². The quantitative estimate of drug-likeness (QED) is 0.779. The molecule has 0 aliphatic rings. The lowest BCUT2D eigenvalue weighted by atomic mass is 10.0. The van der Waals surface area contributed by atoms with Crippen molar-refractivity contribution in [3.63, 3.8) is 0 Å². The van der Waals surface area contributed by atoms with Crippen LogP contribution in [-0.2, 0) is 4.74 Å². The largest absolute Gasteiger partial charge is 0.383 e. The molecule has 1 aromatic carbocycles. The molecule has 0 aliphatic heterocycles. The monoisotopic (exact) mass is 245 g/mol. The Morgan fingerprint density at radius 2 is 2.25 bits per heavy atom. The van der Waals surface area contributed by atoms with Crippen molar-refractivity contribution in [1.82, 2.24) is 5.32 Å². The van der Waals surface area contributed by atoms with Crippen LogP contribution in [0.15, 0.2) is 18.2 Å². The maximum Gasteiger partial charge on any atom is 0.141 e. The first kappa shape index (κ1) is 13.4. The van der Waals surface area contributed by atoms with E-state index >= 15 is 0 Å². The lowest BCUT2D eigenvalue weighted by Gasteiger charge is -2.13. The molecule has 1 atom stereocenters. The molecule has 1 rings (SSSR count). The van der Waals surface area contributed by atoms with E-state index in [1.807, 2.05) is 0 Å². The topological polar surface area (TPSA) is 21.3 Å². The second-order valence-electron chi connectivity index (χ2n) is 3.77. The fraction of sp³-hybridized carbons (Fsp3) is 0.500. The van der Waals surface area contributed by atoms with Crippen LogP contribution in [0.5, 0.6) is 0 Å². The summed E-state index contributed by atoms with van der Waals surface area (Å²) in [7, 11) is 1.67. The van der Waals surface area contributed by atoms with E-state index in [0.29, 0.717) is 12.5 Å². The van der Waals surface area contributed by atoms with E-state index in [2.05, 4.69) is 12.2 Å². The van der Waals surface area contributed by atoms with Crippen LogP contribution >= 0.6 is 11.6 Å². The van der Waals surface area contributed by atoms with Crippen molar-refractivity contribution in [3.8, 4) is 0 Å². The predicted octanol–water partition coefficient (Wildman–Crippen LogP) is 2.82. The minimum atomic E-state index is -0.370. The summed E-state index contributed by atoms with van der Waals surface area (Å²) in [5.41, 5.74) is 1.04. The zero-order valence-corrected chi connectivity index (χ0v) is 10.4. The predicted molar refractivity (Wildman–Crippen MR) is 64.6 cm³/mol. The standard InChI is InChI=1S/C12H17ClFNO/c1-9(8-15-5-6-16-2)10-3-4-12(14)11(13)7-10/h3-4,7,9,15H,5-6,8H2,1-2H3. The molecule has 0 saturated heterocycles. The number of rotatable bonds is 6. The molecule has 0 heterocycles. The zero-order valence-electron chi connectivity index (χ0n) is 9.59. The van der Waals surface area contributed by atoms with Crippen LogP contribution in [0.25, 0.3) is 0 Å². The molecule has 1 aromatic rings. The molecule has 16 heavy (non-hydrogen) atoms. The maximum absolute atomic E-state index is 13.0. The third-order valence-electron chi connectivity index (χ3n) is 2.45. The molecule has 0 spiro atoms. The Hall–Kier alpha value is -0.640. The van der Waals surface area contributed by atoms with Gasteiger partial charge in [-0.1, -0.05) is 24.6 Å². The minimum absolute atomic E-state index is 0.182. The lowest BCUT2D eigenvalue weighted by molar-refractivity contribution is 0.199. The van der Waals surface area contributed by atoms with Gasteiger partial charge in [-0.25, -0.2) is 4.39 Å². The van der Waals surface area contributed by atoms with Crippen molar-refractivity contribution in [1.29, 1.82) is 0 Å². The van der Waals surface area contributed by atoms with Crippen LogP contribution in [0.1, 0.15) is 18.4 Å². The molecule has 1 N–H and O–H groups in total. The van der Waals surface area contributed by atoms with E-state index in [0.717, 1.165) is 18.7 Å². The first-order valence-electron chi connectivity index (χ1n) is 5.29. The summed E-state index contributed by atoms with van der Waals surface area (Å²) in [5, 5.41) is 3.44. The number of halogens is 2. The Kier molecular flexibility index (Phi) is 5.74. The highest BCUT2D eigenvalue weighted by Crippen LogP contribution is 2.21. The SMILES string of the molecule is COCCNCC(C)c1ccc(F)c(Cl)c1. The number of hydrogen-bond acceptors (Lipinski definition) is 2. The second-order valence-corrected chi connectivity index (χ2v) is 4.18. The molecule has 0 fully saturated rings. The lowest BCUT2D eigenvalue weighted by Crippen LogP contribution is -2.23. The molecule has 0 amide bonds. The molecular weight excluding hydrogens is 229 g/mol. The van der Waals surface area contributed by atoms with Gasteiger partial charge in [0.05, 0.1) is 11.6 Å². The first-order chi connectivity index (χ1) is 7.65. The van der Waals surface area contributed by atoms with Gasteiger partial charge >= 0.3 is 0 Å². The average Bonchev–Trinajstić information content (AvgIpc) is 2.28. The van der Waals surface area contributed by atoms with Crippen LogP contribution in [0.4, 0.5) is 4.39 Å². The number of benzene rings is 1. The fourth-order valence-electron chi connectivity index (χ4n) is 1.43. The van der Waals surface area contributed by atoms with Gasteiger partial charge in [0.15, 0.2) is 0 Å². The van der Waals surface area contributed by atoms with Crippen molar-refractivity contribution in [2.75, 3.05) is 26.8 Å². The van der Waals surface area contributed by atoms with E-state index in [4.69, 9.17) is 16.3 Å². The molecule has 1 unspecified atom stereocenters. The van der Waals surface area contributed by atoms with Gasteiger partial charge in [-0.3, -0.25) is 0 Å². The van der Waals surface area contributed by atoms with Gasteiger partial charge in [-0.05, 0) is 23.6 Å². The summed E-state index contributed by atoms with van der Waals surface area (Å²) in [4.78, 5) is 0. The van der Waals surface area contributed by atoms with Crippen LogP contribution < -0.4 is 5.32 Å². The number of methoxy groups -OCH3 is 1. The fourth-order valence-corrected chi connectivity index (χ4v) is 1.62. The van der Waals surface area contributed by atoms with Gasteiger partial charge in [-0.2, -0.15) is 0 Å². The Labute approximate surface area is 101 Å². The molecular formula is C12H17ClFNO. The summed E-state index contributed by atoms with van der Waals surface area (Å²) < 4.78 is 17.9. The Morgan fingerprint density at radius 1 is 1.50 bits per heavy atom. The van der Waals surface area contributed by atoms with Gasteiger partial charge in [-0.15, -0.1) is 0 Å². The van der Waals surface area contributed by atoms with Gasteiger partial charge in [0, 0.05) is 20.2 Å².